The predicted octanol–water partition coefficient (Wildman–Crippen LogP) is 4.04. The van der Waals surface area contributed by atoms with Gasteiger partial charge in [0.15, 0.2) is 0 Å². The fourth-order valence-electron chi connectivity index (χ4n) is 4.86. The monoisotopic (exact) mass is 503 g/mol. The van der Waals surface area contributed by atoms with Gasteiger partial charge < -0.3 is 21.3 Å². The summed E-state index contributed by atoms with van der Waals surface area (Å²) in [6.45, 7) is -0.456. The van der Waals surface area contributed by atoms with Crippen LogP contribution in [0, 0.1) is 11.7 Å². The quantitative estimate of drug-likeness (QED) is 0.468. The van der Waals surface area contributed by atoms with Crippen LogP contribution < -0.4 is 16.4 Å². The number of carbonyl (C=O) groups is 3. The number of fused-ring (bicyclic) bond motifs is 2. The van der Waals surface area contributed by atoms with E-state index in [1.54, 1.807) is 24.3 Å². The Morgan fingerprint density at radius 2 is 1.81 bits per heavy atom. The van der Waals surface area contributed by atoms with Gasteiger partial charge in [-0.1, -0.05) is 30.3 Å². The lowest BCUT2D eigenvalue weighted by atomic mass is 10.1. The molecule has 1 aromatic heterocycles. The van der Waals surface area contributed by atoms with Crippen LogP contribution in [0.1, 0.15) is 24.0 Å². The Hall–Kier alpha value is -4.09. The van der Waals surface area contributed by atoms with Crippen molar-refractivity contribution in [2.24, 2.45) is 11.7 Å². The van der Waals surface area contributed by atoms with Crippen LogP contribution in [0.5, 0.6) is 0 Å². The maximum absolute atomic E-state index is 14.3. The van der Waals surface area contributed by atoms with E-state index in [2.05, 4.69) is 10.6 Å². The van der Waals surface area contributed by atoms with Crippen molar-refractivity contribution in [1.82, 2.24) is 14.8 Å². The third-order valence-corrected chi connectivity index (χ3v) is 6.67. The summed E-state index contributed by atoms with van der Waals surface area (Å²) in [6.07, 6.45) is -2.35. The molecule has 0 bridgehead atoms. The first kappa shape index (κ1) is 23.6. The number of aromatic nitrogens is 1. The number of hydrogen-bond donors (Lipinski definition) is 3. The lowest BCUT2D eigenvalue weighted by molar-refractivity contribution is -0.140. The number of halogens is 4. The molecule has 2 heterocycles. The lowest BCUT2D eigenvalue weighted by Gasteiger charge is -2.27. The van der Waals surface area contributed by atoms with Gasteiger partial charge in [-0.3, -0.25) is 9.36 Å². The highest BCUT2D eigenvalue weighted by molar-refractivity contribution is 6.05. The number of carbonyl (C=O) groups excluding carboxylic acids is 3. The van der Waals surface area contributed by atoms with Gasteiger partial charge >= 0.3 is 18.2 Å². The van der Waals surface area contributed by atoms with Crippen molar-refractivity contribution in [3.8, 4) is 0 Å². The van der Waals surface area contributed by atoms with Crippen molar-refractivity contribution in [1.29, 1.82) is 0 Å². The number of urea groups is 1. The minimum absolute atomic E-state index is 0.128. The number of nitrogens with one attached hydrogen (secondary N) is 2. The van der Waals surface area contributed by atoms with Crippen molar-refractivity contribution in [2.75, 3.05) is 5.32 Å². The first-order chi connectivity index (χ1) is 17.1. The van der Waals surface area contributed by atoms with Crippen LogP contribution in [-0.4, -0.2) is 39.5 Å². The van der Waals surface area contributed by atoms with Gasteiger partial charge in [0, 0.05) is 29.7 Å². The summed E-state index contributed by atoms with van der Waals surface area (Å²) in [5, 5.41) is 5.79. The molecule has 1 aliphatic heterocycles. The fraction of sp³-hybridized carbons (Fsp3) is 0.292. The van der Waals surface area contributed by atoms with E-state index in [0.717, 1.165) is 18.6 Å². The second-order valence-corrected chi connectivity index (χ2v) is 8.91. The summed E-state index contributed by atoms with van der Waals surface area (Å²) in [5.41, 5.74) is 4.54. The number of amides is 4. The molecular formula is C24H21F4N5O3. The first-order valence-corrected chi connectivity index (χ1v) is 11.2. The van der Waals surface area contributed by atoms with Gasteiger partial charge in [0.2, 0.25) is 5.91 Å². The Bertz CT molecular complexity index is 1390. The van der Waals surface area contributed by atoms with Crippen molar-refractivity contribution in [2.45, 2.75) is 37.6 Å². The third kappa shape index (κ3) is 4.12. The van der Waals surface area contributed by atoms with Crippen LogP contribution in [0.2, 0.25) is 0 Å². The van der Waals surface area contributed by atoms with Crippen molar-refractivity contribution in [3.05, 3.63) is 65.6 Å². The molecule has 8 nitrogen and oxygen atoms in total. The number of piperidine rings is 1. The molecule has 5 rings (SSSR count). The minimum atomic E-state index is -4.86. The van der Waals surface area contributed by atoms with Gasteiger partial charge in [-0.15, -0.1) is 0 Å². The van der Waals surface area contributed by atoms with Crippen LogP contribution in [0.15, 0.2) is 48.7 Å². The van der Waals surface area contributed by atoms with E-state index in [4.69, 9.17) is 5.73 Å². The van der Waals surface area contributed by atoms with Crippen molar-refractivity contribution < 1.29 is 31.9 Å². The van der Waals surface area contributed by atoms with E-state index in [1.165, 1.54) is 15.7 Å². The Balaban J connectivity index is 1.31. The van der Waals surface area contributed by atoms with Crippen LogP contribution in [0.4, 0.5) is 32.8 Å². The van der Waals surface area contributed by atoms with Gasteiger partial charge in [0.1, 0.15) is 11.9 Å². The van der Waals surface area contributed by atoms with Crippen LogP contribution in [0.3, 0.4) is 0 Å². The second kappa shape index (κ2) is 8.54. The number of alkyl halides is 3. The Labute approximate surface area is 202 Å². The van der Waals surface area contributed by atoms with Crippen LogP contribution in [0.25, 0.3) is 10.9 Å². The van der Waals surface area contributed by atoms with Gasteiger partial charge in [-0.05, 0) is 30.9 Å². The highest BCUT2D eigenvalue weighted by atomic mass is 19.4. The van der Waals surface area contributed by atoms with Crippen LogP contribution in [-0.2, 0) is 17.5 Å². The summed E-state index contributed by atoms with van der Waals surface area (Å²) >= 11 is 0. The third-order valence-electron chi connectivity index (χ3n) is 6.67. The van der Waals surface area contributed by atoms with E-state index in [1.807, 2.05) is 0 Å². The molecule has 3 aromatic rings. The van der Waals surface area contributed by atoms with Gasteiger partial charge in [-0.25, -0.2) is 14.0 Å². The standard InChI is InChI=1S/C24H21F4N5O3/c25-20-12(4-3-6-15(20)24(26,27)28)10-30-21(34)19-9-13-8-18(13)33(19)23(36)31-16-11-32(22(29)35)17-7-2-1-5-14(16)17/h1-7,11,13,18-19H,8-10H2,(H2,29,35)(H,30,34)(H,31,36)/t13-,18-,19+/m1/s1. The van der Waals surface area contributed by atoms with E-state index < -0.39 is 48.1 Å². The summed E-state index contributed by atoms with van der Waals surface area (Å²) in [4.78, 5) is 39.3. The van der Waals surface area contributed by atoms with Gasteiger partial charge in [0.25, 0.3) is 0 Å². The molecule has 0 unspecified atom stereocenters. The molecule has 188 valence electrons. The predicted molar refractivity (Wildman–Crippen MR) is 121 cm³/mol. The lowest BCUT2D eigenvalue weighted by Crippen LogP contribution is -2.49. The van der Waals surface area contributed by atoms with E-state index in [9.17, 15) is 31.9 Å². The summed E-state index contributed by atoms with van der Waals surface area (Å²) in [5.74, 6) is -1.91. The van der Waals surface area contributed by atoms with Crippen LogP contribution >= 0.6 is 0 Å². The molecule has 36 heavy (non-hydrogen) atoms. The molecule has 4 amide bonds. The second-order valence-electron chi connectivity index (χ2n) is 8.91. The molecule has 2 aromatic carbocycles. The number of anilines is 1. The normalized spacial score (nSPS) is 20.8. The first-order valence-electron chi connectivity index (χ1n) is 11.2. The number of rotatable bonds is 4. The number of nitrogens with two attached hydrogens (primary N) is 1. The molecule has 0 radical (unpaired) electrons. The van der Waals surface area contributed by atoms with E-state index in [0.29, 0.717) is 29.1 Å². The maximum atomic E-state index is 14.3. The number of nitrogens with zero attached hydrogens (tertiary/aromatic N) is 2. The number of hydrogen-bond acceptors (Lipinski definition) is 3. The molecule has 12 heteroatoms. The molecule has 4 N–H and O–H groups in total. The summed E-state index contributed by atoms with van der Waals surface area (Å²) in [6, 6.07) is 7.39. The zero-order valence-corrected chi connectivity index (χ0v) is 18.7. The molecule has 0 spiro atoms. The summed E-state index contributed by atoms with van der Waals surface area (Å²) < 4.78 is 54.4. The van der Waals surface area contributed by atoms with Crippen molar-refractivity contribution in [3.63, 3.8) is 0 Å². The highest BCUT2D eigenvalue weighted by Gasteiger charge is 2.56. The molecule has 1 aliphatic carbocycles. The largest absolute Gasteiger partial charge is 0.419 e. The SMILES string of the molecule is NC(=O)n1cc(NC(=O)N2[C@@H]3C[C@@H]3C[C@H]2C(=O)NCc2cccc(C(F)(F)F)c2F)c2ccccc21. The number of likely N-dealkylation sites (tertiary alicyclic amines) is 1. The number of benzene rings is 2. The van der Waals surface area contributed by atoms with E-state index in [-0.39, 0.29) is 17.5 Å². The average Bonchev–Trinajstić information content (AvgIpc) is 3.32. The number of para-hydroxylation sites is 1. The van der Waals surface area contributed by atoms with Gasteiger partial charge in [0.05, 0.1) is 16.8 Å². The molecule has 3 atom stereocenters. The Kier molecular flexibility index (Phi) is 5.61. The minimum Gasteiger partial charge on any atom is -0.351 e. The fourth-order valence-corrected chi connectivity index (χ4v) is 4.86. The topological polar surface area (TPSA) is 109 Å². The molecule has 1 saturated heterocycles. The smallest absolute Gasteiger partial charge is 0.351 e. The average molecular weight is 503 g/mol. The zero-order valence-electron chi connectivity index (χ0n) is 18.7. The number of primary amides is 1. The molecule has 2 aliphatic rings. The molecular weight excluding hydrogens is 482 g/mol. The Morgan fingerprint density at radius 3 is 2.53 bits per heavy atom. The summed E-state index contributed by atoms with van der Waals surface area (Å²) in [7, 11) is 0. The van der Waals surface area contributed by atoms with Crippen molar-refractivity contribution >= 4 is 34.6 Å². The zero-order chi connectivity index (χ0) is 25.8. The maximum Gasteiger partial charge on any atom is 0.419 e. The Morgan fingerprint density at radius 1 is 1.06 bits per heavy atom. The highest BCUT2D eigenvalue weighted by Crippen LogP contribution is 2.48. The van der Waals surface area contributed by atoms with Gasteiger partial charge in [-0.2, -0.15) is 13.2 Å². The molecule has 2 fully saturated rings. The molecule has 1 saturated carbocycles. The van der Waals surface area contributed by atoms with E-state index >= 15 is 0 Å².